The quantitative estimate of drug-likeness (QED) is 0.929. The van der Waals surface area contributed by atoms with Gasteiger partial charge < -0.3 is 14.7 Å². The zero-order valence-corrected chi connectivity index (χ0v) is 14.4. The van der Waals surface area contributed by atoms with Crippen LogP contribution in [0.15, 0.2) is 41.1 Å². The van der Waals surface area contributed by atoms with Crippen molar-refractivity contribution in [2.75, 3.05) is 26.2 Å². The number of fused-ring (bicyclic) bond motifs is 1. The second-order valence-corrected chi connectivity index (χ2v) is 6.84. The van der Waals surface area contributed by atoms with Gasteiger partial charge in [0.15, 0.2) is 0 Å². The maximum Gasteiger partial charge on any atom is 0.317 e. The Morgan fingerprint density at radius 3 is 2.72 bits per heavy atom. The summed E-state index contributed by atoms with van der Waals surface area (Å²) in [6.45, 7) is 3.87. The lowest BCUT2D eigenvalue weighted by Crippen LogP contribution is -2.55. The van der Waals surface area contributed by atoms with E-state index in [1.807, 2.05) is 4.90 Å². The molecule has 2 aromatic rings. The van der Waals surface area contributed by atoms with Crippen LogP contribution in [0.4, 0.5) is 4.79 Å². The lowest BCUT2D eigenvalue weighted by molar-refractivity contribution is 0.101. The molecule has 2 heterocycles. The number of carbonyl (C=O) groups excluding carboxylic acids is 1. The molecule has 2 amide bonds. The van der Waals surface area contributed by atoms with Gasteiger partial charge in [-0.25, -0.2) is 4.79 Å². The van der Waals surface area contributed by atoms with Gasteiger partial charge in [0, 0.05) is 38.3 Å². The minimum Gasteiger partial charge on any atom is -0.364 e. The minimum atomic E-state index is -0.0170. The molecule has 6 heteroatoms. The van der Waals surface area contributed by atoms with Crippen LogP contribution >= 0.6 is 0 Å². The smallest absolute Gasteiger partial charge is 0.317 e. The van der Waals surface area contributed by atoms with Gasteiger partial charge in [-0.1, -0.05) is 29.4 Å². The third-order valence-corrected chi connectivity index (χ3v) is 5.35. The van der Waals surface area contributed by atoms with Crippen LogP contribution in [0, 0.1) is 0 Å². The molecule has 25 heavy (non-hydrogen) atoms. The van der Waals surface area contributed by atoms with Crippen LogP contribution in [0.25, 0.3) is 0 Å². The fourth-order valence-corrected chi connectivity index (χ4v) is 3.89. The highest BCUT2D eigenvalue weighted by Crippen LogP contribution is 2.25. The molecule has 132 valence electrons. The number of aryl methyl sites for hydroxylation is 1. The third kappa shape index (κ3) is 3.69. The zero-order chi connectivity index (χ0) is 17.1. The number of hydrogen-bond donors (Lipinski definition) is 1. The van der Waals surface area contributed by atoms with Crippen molar-refractivity contribution in [1.82, 2.24) is 20.3 Å². The SMILES string of the molecule is O=C(NCc1ccon1)N1CCN([C@H]2CCc3ccccc3C2)CC1. The van der Waals surface area contributed by atoms with Gasteiger partial charge in [-0.3, -0.25) is 4.90 Å². The van der Waals surface area contributed by atoms with E-state index in [1.54, 1.807) is 6.07 Å². The molecule has 0 bridgehead atoms. The third-order valence-electron chi connectivity index (χ3n) is 5.35. The van der Waals surface area contributed by atoms with Crippen molar-refractivity contribution in [2.45, 2.75) is 31.8 Å². The number of nitrogens with zero attached hydrogens (tertiary/aromatic N) is 3. The maximum atomic E-state index is 12.3. The molecule has 0 saturated carbocycles. The van der Waals surface area contributed by atoms with Crippen LogP contribution in [0.2, 0.25) is 0 Å². The molecular formula is C19H24N4O2. The van der Waals surface area contributed by atoms with Crippen molar-refractivity contribution >= 4 is 6.03 Å². The van der Waals surface area contributed by atoms with Crippen LogP contribution in [0.3, 0.4) is 0 Å². The van der Waals surface area contributed by atoms with E-state index in [0.717, 1.165) is 38.3 Å². The fraction of sp³-hybridized carbons (Fsp3) is 0.474. The number of amides is 2. The monoisotopic (exact) mass is 340 g/mol. The molecule has 0 spiro atoms. The van der Waals surface area contributed by atoms with Crippen molar-refractivity contribution in [2.24, 2.45) is 0 Å². The van der Waals surface area contributed by atoms with E-state index in [-0.39, 0.29) is 6.03 Å². The second-order valence-electron chi connectivity index (χ2n) is 6.84. The van der Waals surface area contributed by atoms with Gasteiger partial charge in [0.05, 0.1) is 6.54 Å². The molecule has 2 aliphatic rings. The van der Waals surface area contributed by atoms with Crippen LogP contribution in [0.1, 0.15) is 23.2 Å². The number of carbonyl (C=O) groups is 1. The average molecular weight is 340 g/mol. The summed E-state index contributed by atoms with van der Waals surface area (Å²) in [4.78, 5) is 16.7. The van der Waals surface area contributed by atoms with E-state index in [2.05, 4.69) is 39.6 Å². The van der Waals surface area contributed by atoms with Gasteiger partial charge in [0.25, 0.3) is 0 Å². The van der Waals surface area contributed by atoms with Crippen molar-refractivity contribution in [3.05, 3.63) is 53.4 Å². The molecule has 1 atom stereocenters. The Kier molecular flexibility index (Phi) is 4.70. The summed E-state index contributed by atoms with van der Waals surface area (Å²) in [5, 5.41) is 6.72. The second kappa shape index (κ2) is 7.27. The summed E-state index contributed by atoms with van der Waals surface area (Å²) in [6.07, 6.45) is 5.03. The number of rotatable bonds is 3. The first kappa shape index (κ1) is 16.1. The van der Waals surface area contributed by atoms with Gasteiger partial charge in [0.2, 0.25) is 0 Å². The predicted molar refractivity (Wildman–Crippen MR) is 94.1 cm³/mol. The largest absolute Gasteiger partial charge is 0.364 e. The van der Waals surface area contributed by atoms with Crippen molar-refractivity contribution in [3.63, 3.8) is 0 Å². The van der Waals surface area contributed by atoms with E-state index in [1.165, 1.54) is 30.2 Å². The van der Waals surface area contributed by atoms with Crippen LogP contribution in [-0.4, -0.2) is 53.2 Å². The highest BCUT2D eigenvalue weighted by molar-refractivity contribution is 5.74. The fourth-order valence-electron chi connectivity index (χ4n) is 3.89. The predicted octanol–water partition coefficient (Wildman–Crippen LogP) is 2.06. The van der Waals surface area contributed by atoms with E-state index in [9.17, 15) is 4.79 Å². The summed E-state index contributed by atoms with van der Waals surface area (Å²) in [5.41, 5.74) is 3.74. The Morgan fingerprint density at radius 1 is 1.16 bits per heavy atom. The Labute approximate surface area is 147 Å². The highest BCUT2D eigenvalue weighted by Gasteiger charge is 2.28. The average Bonchev–Trinajstić information content (AvgIpc) is 3.19. The number of nitrogens with one attached hydrogen (secondary N) is 1. The number of piperazine rings is 1. The van der Waals surface area contributed by atoms with Crippen LogP contribution in [0.5, 0.6) is 0 Å². The molecule has 1 aliphatic heterocycles. The highest BCUT2D eigenvalue weighted by atomic mass is 16.5. The number of aromatic nitrogens is 1. The number of benzene rings is 1. The normalized spacial score (nSPS) is 21.0. The van der Waals surface area contributed by atoms with Gasteiger partial charge in [-0.05, 0) is 30.4 Å². The van der Waals surface area contributed by atoms with Crippen LogP contribution in [-0.2, 0) is 19.4 Å². The van der Waals surface area contributed by atoms with E-state index < -0.39 is 0 Å². The van der Waals surface area contributed by atoms with Crippen molar-refractivity contribution < 1.29 is 9.32 Å². The first-order chi connectivity index (χ1) is 12.3. The Balaban J connectivity index is 1.26. The Bertz CT molecular complexity index is 708. The molecule has 0 radical (unpaired) electrons. The Hall–Kier alpha value is -2.34. The lowest BCUT2D eigenvalue weighted by Gasteiger charge is -2.41. The molecule has 1 fully saturated rings. The van der Waals surface area contributed by atoms with Crippen LogP contribution < -0.4 is 5.32 Å². The van der Waals surface area contributed by atoms with Crippen molar-refractivity contribution in [3.8, 4) is 0 Å². The zero-order valence-electron chi connectivity index (χ0n) is 14.4. The van der Waals surface area contributed by atoms with Crippen molar-refractivity contribution in [1.29, 1.82) is 0 Å². The maximum absolute atomic E-state index is 12.3. The molecule has 1 N–H and O–H groups in total. The molecule has 4 rings (SSSR count). The molecule has 0 unspecified atom stereocenters. The summed E-state index contributed by atoms with van der Waals surface area (Å²) in [6, 6.07) is 11.1. The molecule has 6 nitrogen and oxygen atoms in total. The number of urea groups is 1. The summed E-state index contributed by atoms with van der Waals surface area (Å²) in [5.74, 6) is 0. The first-order valence-electron chi connectivity index (χ1n) is 9.02. The summed E-state index contributed by atoms with van der Waals surface area (Å²) in [7, 11) is 0. The molecule has 1 aliphatic carbocycles. The summed E-state index contributed by atoms with van der Waals surface area (Å²) >= 11 is 0. The standard InChI is InChI=1S/C19H24N4O2/c24-19(20-14-17-7-12-25-21-17)23-10-8-22(9-11-23)18-6-5-15-3-1-2-4-16(15)13-18/h1-4,7,12,18H,5-6,8-11,13-14H2,(H,20,24)/t18-/m0/s1. The van der Waals surface area contributed by atoms with E-state index in [0.29, 0.717) is 12.6 Å². The lowest BCUT2D eigenvalue weighted by atomic mass is 9.87. The summed E-state index contributed by atoms with van der Waals surface area (Å²) < 4.78 is 4.78. The molecule has 1 aromatic carbocycles. The van der Waals surface area contributed by atoms with Gasteiger partial charge in [-0.15, -0.1) is 0 Å². The van der Waals surface area contributed by atoms with Gasteiger partial charge >= 0.3 is 6.03 Å². The molecule has 1 aromatic heterocycles. The van der Waals surface area contributed by atoms with E-state index >= 15 is 0 Å². The Morgan fingerprint density at radius 2 is 1.96 bits per heavy atom. The first-order valence-corrected chi connectivity index (χ1v) is 9.02. The molecule has 1 saturated heterocycles. The van der Waals surface area contributed by atoms with Gasteiger partial charge in [-0.2, -0.15) is 0 Å². The van der Waals surface area contributed by atoms with E-state index in [4.69, 9.17) is 4.52 Å². The number of hydrogen-bond acceptors (Lipinski definition) is 4. The molecular weight excluding hydrogens is 316 g/mol. The minimum absolute atomic E-state index is 0.0170. The topological polar surface area (TPSA) is 61.6 Å². The van der Waals surface area contributed by atoms with Gasteiger partial charge in [0.1, 0.15) is 12.0 Å².